The minimum absolute atomic E-state index is 0.181. The molecular formula is C15H17FN2. The molecule has 0 amide bonds. The summed E-state index contributed by atoms with van der Waals surface area (Å²) >= 11 is 0. The molecule has 0 saturated heterocycles. The van der Waals surface area contributed by atoms with Gasteiger partial charge in [-0.25, -0.2) is 4.39 Å². The van der Waals surface area contributed by atoms with Gasteiger partial charge in [-0.05, 0) is 48.9 Å². The Labute approximate surface area is 106 Å². The van der Waals surface area contributed by atoms with E-state index in [-0.39, 0.29) is 5.82 Å². The van der Waals surface area contributed by atoms with Gasteiger partial charge in [0, 0.05) is 12.1 Å². The summed E-state index contributed by atoms with van der Waals surface area (Å²) in [4.78, 5) is 0. The average Bonchev–Trinajstić information content (AvgIpc) is 2.62. The Morgan fingerprint density at radius 2 is 1.83 bits per heavy atom. The van der Waals surface area contributed by atoms with Crippen LogP contribution in [0.25, 0.3) is 0 Å². The topological polar surface area (TPSA) is 28.7 Å². The van der Waals surface area contributed by atoms with Gasteiger partial charge in [0.05, 0.1) is 5.69 Å². The average molecular weight is 244 g/mol. The van der Waals surface area contributed by atoms with E-state index in [4.69, 9.17) is 0 Å². The minimum Gasteiger partial charge on any atom is -0.282 e. The van der Waals surface area contributed by atoms with Gasteiger partial charge in [-0.2, -0.15) is 5.10 Å². The number of aromatic amines is 1. The molecule has 1 aliphatic carbocycles. The van der Waals surface area contributed by atoms with Gasteiger partial charge in [0.15, 0.2) is 0 Å². The Kier molecular flexibility index (Phi) is 3.13. The second-order valence-electron chi connectivity index (χ2n) is 4.99. The van der Waals surface area contributed by atoms with E-state index in [1.807, 2.05) is 12.1 Å². The van der Waals surface area contributed by atoms with Crippen molar-refractivity contribution in [3.05, 3.63) is 52.6 Å². The predicted octanol–water partition coefficient (Wildman–Crippen LogP) is 3.41. The van der Waals surface area contributed by atoms with Crippen molar-refractivity contribution < 1.29 is 4.39 Å². The molecule has 0 fully saturated rings. The number of aromatic nitrogens is 2. The summed E-state index contributed by atoms with van der Waals surface area (Å²) in [6, 6.07) is 6.71. The highest BCUT2D eigenvalue weighted by atomic mass is 19.1. The molecule has 0 saturated carbocycles. The highest BCUT2D eigenvalue weighted by Gasteiger charge is 2.15. The quantitative estimate of drug-likeness (QED) is 0.806. The maximum Gasteiger partial charge on any atom is 0.123 e. The van der Waals surface area contributed by atoms with Gasteiger partial charge in [0.25, 0.3) is 0 Å². The molecule has 1 heterocycles. The van der Waals surface area contributed by atoms with Gasteiger partial charge in [-0.1, -0.05) is 18.6 Å². The van der Waals surface area contributed by atoms with E-state index in [9.17, 15) is 4.39 Å². The van der Waals surface area contributed by atoms with Crippen LogP contribution in [0.5, 0.6) is 0 Å². The Morgan fingerprint density at radius 1 is 1.06 bits per heavy atom. The molecular weight excluding hydrogens is 227 g/mol. The van der Waals surface area contributed by atoms with E-state index in [0.29, 0.717) is 0 Å². The van der Waals surface area contributed by atoms with Crippen LogP contribution < -0.4 is 0 Å². The van der Waals surface area contributed by atoms with Crippen molar-refractivity contribution in [3.63, 3.8) is 0 Å². The van der Waals surface area contributed by atoms with Crippen molar-refractivity contribution in [2.24, 2.45) is 0 Å². The van der Waals surface area contributed by atoms with E-state index < -0.39 is 0 Å². The Morgan fingerprint density at radius 3 is 2.67 bits per heavy atom. The van der Waals surface area contributed by atoms with Gasteiger partial charge in [-0.3, -0.25) is 5.10 Å². The third kappa shape index (κ3) is 2.30. The fourth-order valence-corrected chi connectivity index (χ4v) is 2.67. The van der Waals surface area contributed by atoms with Crippen LogP contribution in [0.3, 0.4) is 0 Å². The maximum atomic E-state index is 12.9. The minimum atomic E-state index is -0.181. The molecule has 3 rings (SSSR count). The molecule has 3 heteroatoms. The zero-order valence-electron chi connectivity index (χ0n) is 10.4. The summed E-state index contributed by atoms with van der Waals surface area (Å²) in [5.41, 5.74) is 4.97. The maximum absolute atomic E-state index is 12.9. The molecule has 0 unspecified atom stereocenters. The van der Waals surface area contributed by atoms with Crippen LogP contribution >= 0.6 is 0 Å². The highest BCUT2D eigenvalue weighted by Crippen LogP contribution is 2.23. The Hall–Kier alpha value is -1.64. The molecule has 1 aromatic heterocycles. The van der Waals surface area contributed by atoms with Crippen LogP contribution in [0, 0.1) is 5.82 Å². The molecule has 1 aliphatic rings. The molecule has 0 radical (unpaired) electrons. The van der Waals surface area contributed by atoms with Gasteiger partial charge in [-0.15, -0.1) is 0 Å². The fourth-order valence-electron chi connectivity index (χ4n) is 2.67. The lowest BCUT2D eigenvalue weighted by Crippen LogP contribution is -1.95. The standard InChI is InChI=1S/C15H17FN2/c16-12-8-6-11(7-9-12)10-15-13-4-2-1-3-5-14(13)17-18-15/h6-9H,1-5,10H2,(H,17,18). The molecule has 94 valence electrons. The van der Waals surface area contributed by atoms with E-state index in [1.165, 1.54) is 42.7 Å². The van der Waals surface area contributed by atoms with E-state index >= 15 is 0 Å². The first-order chi connectivity index (χ1) is 8.83. The lowest BCUT2D eigenvalue weighted by molar-refractivity contribution is 0.627. The van der Waals surface area contributed by atoms with Crippen molar-refractivity contribution in [3.8, 4) is 0 Å². The molecule has 0 spiro atoms. The summed E-state index contributed by atoms with van der Waals surface area (Å²) in [5.74, 6) is -0.181. The number of fused-ring (bicyclic) bond motifs is 1. The second kappa shape index (κ2) is 4.92. The normalized spacial score (nSPS) is 15.2. The first-order valence-corrected chi connectivity index (χ1v) is 6.62. The van der Waals surface area contributed by atoms with Crippen molar-refractivity contribution in [1.82, 2.24) is 10.2 Å². The van der Waals surface area contributed by atoms with Crippen LogP contribution in [-0.2, 0) is 19.3 Å². The monoisotopic (exact) mass is 244 g/mol. The summed E-state index contributed by atoms with van der Waals surface area (Å²) in [7, 11) is 0. The molecule has 1 aromatic carbocycles. The zero-order chi connectivity index (χ0) is 12.4. The highest BCUT2D eigenvalue weighted by molar-refractivity contribution is 5.31. The zero-order valence-corrected chi connectivity index (χ0v) is 10.4. The van der Waals surface area contributed by atoms with Crippen LogP contribution in [-0.4, -0.2) is 10.2 Å². The SMILES string of the molecule is Fc1ccc(Cc2n[nH]c3c2CCCCC3)cc1. The Bertz CT molecular complexity index is 528. The number of benzene rings is 1. The largest absolute Gasteiger partial charge is 0.282 e. The number of hydrogen-bond donors (Lipinski definition) is 1. The fraction of sp³-hybridized carbons (Fsp3) is 0.400. The number of nitrogens with zero attached hydrogens (tertiary/aromatic N) is 1. The summed E-state index contributed by atoms with van der Waals surface area (Å²) in [6.45, 7) is 0. The second-order valence-corrected chi connectivity index (χ2v) is 4.99. The van der Waals surface area contributed by atoms with Gasteiger partial charge in [0.1, 0.15) is 5.82 Å². The predicted molar refractivity (Wildman–Crippen MR) is 69.1 cm³/mol. The smallest absolute Gasteiger partial charge is 0.123 e. The number of nitrogens with one attached hydrogen (secondary N) is 1. The molecule has 0 bridgehead atoms. The lowest BCUT2D eigenvalue weighted by Gasteiger charge is -2.02. The number of H-pyrrole nitrogens is 1. The first kappa shape index (κ1) is 11.5. The van der Waals surface area contributed by atoms with Crippen molar-refractivity contribution in [2.45, 2.75) is 38.5 Å². The number of aryl methyl sites for hydroxylation is 1. The van der Waals surface area contributed by atoms with Gasteiger partial charge < -0.3 is 0 Å². The van der Waals surface area contributed by atoms with Crippen molar-refractivity contribution in [2.75, 3.05) is 0 Å². The van der Waals surface area contributed by atoms with Crippen LogP contribution in [0.15, 0.2) is 24.3 Å². The van der Waals surface area contributed by atoms with E-state index in [1.54, 1.807) is 0 Å². The molecule has 0 atom stereocenters. The van der Waals surface area contributed by atoms with E-state index in [2.05, 4.69) is 10.2 Å². The van der Waals surface area contributed by atoms with Crippen LogP contribution in [0.1, 0.15) is 41.8 Å². The van der Waals surface area contributed by atoms with Crippen LogP contribution in [0.2, 0.25) is 0 Å². The summed E-state index contributed by atoms with van der Waals surface area (Å²) < 4.78 is 12.9. The molecule has 2 aromatic rings. The lowest BCUT2D eigenvalue weighted by atomic mass is 10.0. The summed E-state index contributed by atoms with van der Waals surface area (Å²) in [6.07, 6.45) is 6.85. The van der Waals surface area contributed by atoms with Crippen molar-refractivity contribution in [1.29, 1.82) is 0 Å². The number of halogens is 1. The molecule has 18 heavy (non-hydrogen) atoms. The molecule has 2 nitrogen and oxygen atoms in total. The van der Waals surface area contributed by atoms with E-state index in [0.717, 1.165) is 30.5 Å². The van der Waals surface area contributed by atoms with Gasteiger partial charge >= 0.3 is 0 Å². The number of hydrogen-bond acceptors (Lipinski definition) is 1. The van der Waals surface area contributed by atoms with Crippen LogP contribution in [0.4, 0.5) is 4.39 Å². The Balaban J connectivity index is 1.84. The number of rotatable bonds is 2. The third-order valence-electron chi connectivity index (χ3n) is 3.68. The molecule has 1 N–H and O–H groups in total. The molecule has 0 aliphatic heterocycles. The third-order valence-corrected chi connectivity index (χ3v) is 3.68. The van der Waals surface area contributed by atoms with Crippen molar-refractivity contribution >= 4 is 0 Å². The first-order valence-electron chi connectivity index (χ1n) is 6.62. The van der Waals surface area contributed by atoms with Gasteiger partial charge in [0.2, 0.25) is 0 Å². The summed E-state index contributed by atoms with van der Waals surface area (Å²) in [5, 5.41) is 7.61.